The Balaban J connectivity index is 1.66. The van der Waals surface area contributed by atoms with E-state index in [-0.39, 0.29) is 0 Å². The molecule has 4 heteroatoms. The molecule has 1 unspecified atom stereocenters. The van der Waals surface area contributed by atoms with Gasteiger partial charge >= 0.3 is 0 Å². The van der Waals surface area contributed by atoms with Crippen molar-refractivity contribution in [2.45, 2.75) is 50.9 Å². The first-order valence-corrected chi connectivity index (χ1v) is 11.1. The lowest BCUT2D eigenvalue weighted by Gasteiger charge is -2.18. The van der Waals surface area contributed by atoms with Crippen LogP contribution in [0.15, 0.2) is 54.6 Å². The normalized spacial score (nSPS) is 18.6. The summed E-state index contributed by atoms with van der Waals surface area (Å²) in [5.74, 6) is 0.442. The predicted molar refractivity (Wildman–Crippen MR) is 122 cm³/mol. The van der Waals surface area contributed by atoms with Crippen LogP contribution in [0.4, 0.5) is 0 Å². The van der Waals surface area contributed by atoms with Crippen molar-refractivity contribution in [2.75, 3.05) is 0 Å². The number of fused-ring (bicyclic) bond motifs is 8. The fourth-order valence-electron chi connectivity index (χ4n) is 5.00. The minimum atomic E-state index is 0.442. The second-order valence-electron chi connectivity index (χ2n) is 8.65. The minimum absolute atomic E-state index is 0.442. The molecule has 3 aromatic heterocycles. The lowest BCUT2D eigenvalue weighted by Crippen LogP contribution is -2.03. The van der Waals surface area contributed by atoms with Crippen molar-refractivity contribution in [1.82, 2.24) is 19.9 Å². The Kier molecular flexibility index (Phi) is 4.29. The van der Waals surface area contributed by atoms with Crippen molar-refractivity contribution in [2.24, 2.45) is 0 Å². The van der Waals surface area contributed by atoms with Crippen LogP contribution in [0, 0.1) is 0 Å². The highest BCUT2D eigenvalue weighted by Gasteiger charge is 2.20. The molecular weight excluding hydrogens is 368 g/mol. The number of aromatic nitrogens is 4. The van der Waals surface area contributed by atoms with E-state index in [0.29, 0.717) is 5.92 Å². The van der Waals surface area contributed by atoms with Crippen molar-refractivity contribution >= 4 is 22.1 Å². The lowest BCUT2D eigenvalue weighted by atomic mass is 9.87. The molecule has 150 valence electrons. The van der Waals surface area contributed by atoms with Crippen molar-refractivity contribution in [3.63, 3.8) is 0 Å². The van der Waals surface area contributed by atoms with Gasteiger partial charge < -0.3 is 9.97 Å². The Labute approximate surface area is 176 Å². The third kappa shape index (κ3) is 3.36. The summed E-state index contributed by atoms with van der Waals surface area (Å²) in [6.07, 6.45) is 12.4. The van der Waals surface area contributed by atoms with E-state index in [1.807, 2.05) is 0 Å². The molecule has 1 atom stereocenters. The summed E-state index contributed by atoms with van der Waals surface area (Å²) in [5, 5.41) is 0. The van der Waals surface area contributed by atoms with E-state index in [1.54, 1.807) is 0 Å². The molecular formula is C26H26N4. The highest BCUT2D eigenvalue weighted by molar-refractivity contribution is 5.66. The number of hydrogen-bond donors (Lipinski definition) is 2. The Morgan fingerprint density at radius 2 is 1.40 bits per heavy atom. The van der Waals surface area contributed by atoms with E-state index >= 15 is 0 Å². The highest BCUT2D eigenvalue weighted by atomic mass is 14.8. The summed E-state index contributed by atoms with van der Waals surface area (Å²) in [7, 11) is 0. The van der Waals surface area contributed by atoms with Gasteiger partial charge in [-0.25, -0.2) is 0 Å². The fourth-order valence-corrected chi connectivity index (χ4v) is 5.00. The van der Waals surface area contributed by atoms with Crippen LogP contribution in [0.2, 0.25) is 0 Å². The molecule has 3 aromatic rings. The van der Waals surface area contributed by atoms with E-state index in [0.717, 1.165) is 59.3 Å². The standard InChI is InChI=1S/C26H26N4/c1-2-4-17(5-3-1)26-24-12-10-22(29-24)15-20-8-6-18(27-20)14-19-7-9-21(28-19)16-23-11-13-25(26)30-23/h2,4,6,8,11,13-17,27,30H,1,3,5,7,9-10,12H2. The van der Waals surface area contributed by atoms with Crippen LogP contribution in [0.5, 0.6) is 0 Å². The molecule has 1 aliphatic carbocycles. The summed E-state index contributed by atoms with van der Waals surface area (Å²) in [6.45, 7) is 0. The molecule has 30 heavy (non-hydrogen) atoms. The zero-order valence-corrected chi connectivity index (χ0v) is 17.1. The Hall–Kier alpha value is -3.14. The summed E-state index contributed by atoms with van der Waals surface area (Å²) in [5.41, 5.74) is 10.6. The number of allylic oxidation sites excluding steroid dienone is 2. The topological polar surface area (TPSA) is 57.4 Å². The van der Waals surface area contributed by atoms with Crippen molar-refractivity contribution < 1.29 is 0 Å². The zero-order chi connectivity index (χ0) is 19.9. The van der Waals surface area contributed by atoms with Gasteiger partial charge in [-0.2, -0.15) is 0 Å². The van der Waals surface area contributed by atoms with Crippen LogP contribution in [-0.4, -0.2) is 19.9 Å². The highest BCUT2D eigenvalue weighted by Crippen LogP contribution is 2.33. The molecule has 0 saturated heterocycles. The maximum absolute atomic E-state index is 5.10. The second kappa shape index (κ2) is 7.28. The third-order valence-corrected chi connectivity index (χ3v) is 6.45. The molecule has 4 nitrogen and oxygen atoms in total. The molecule has 0 aromatic carbocycles. The summed E-state index contributed by atoms with van der Waals surface area (Å²) in [4.78, 5) is 17.1. The Morgan fingerprint density at radius 1 is 0.733 bits per heavy atom. The number of H-pyrrole nitrogens is 2. The molecule has 0 amide bonds. The number of nitrogens with one attached hydrogen (secondary N) is 2. The van der Waals surface area contributed by atoms with Crippen LogP contribution in [-0.2, 0) is 25.7 Å². The van der Waals surface area contributed by atoms with Crippen molar-refractivity contribution in [1.29, 1.82) is 0 Å². The third-order valence-electron chi connectivity index (χ3n) is 6.45. The van der Waals surface area contributed by atoms with E-state index in [2.05, 4.69) is 64.6 Å². The number of aromatic amines is 2. The van der Waals surface area contributed by atoms with Crippen LogP contribution in [0.3, 0.4) is 0 Å². The zero-order valence-electron chi connectivity index (χ0n) is 17.1. The molecule has 8 bridgehead atoms. The van der Waals surface area contributed by atoms with Gasteiger partial charge in [0.15, 0.2) is 0 Å². The average molecular weight is 395 g/mol. The minimum Gasteiger partial charge on any atom is -0.355 e. The maximum atomic E-state index is 5.10. The maximum Gasteiger partial charge on any atom is 0.0469 e. The fraction of sp³-hybridized carbons (Fsp3) is 0.308. The Bertz CT molecular complexity index is 1290. The molecule has 0 radical (unpaired) electrons. The van der Waals surface area contributed by atoms with E-state index in [9.17, 15) is 0 Å². The molecule has 6 rings (SSSR count). The molecule has 0 fully saturated rings. The SMILES string of the molecule is C1=CC(c2c3nc(cc4ccc(cc5nc(cc6ccc2[nH]6)CC5)[nH]4)CC3)CCC1. The van der Waals surface area contributed by atoms with Gasteiger partial charge in [-0.3, -0.25) is 9.97 Å². The largest absolute Gasteiger partial charge is 0.355 e. The summed E-state index contributed by atoms with van der Waals surface area (Å²) in [6, 6.07) is 15.3. The first-order chi connectivity index (χ1) is 14.8. The quantitative estimate of drug-likeness (QED) is 0.520. The van der Waals surface area contributed by atoms with Gasteiger partial charge in [-0.05, 0) is 87.4 Å². The lowest BCUT2D eigenvalue weighted by molar-refractivity contribution is 0.651. The molecule has 0 spiro atoms. The smallest absolute Gasteiger partial charge is 0.0469 e. The summed E-state index contributed by atoms with van der Waals surface area (Å²) < 4.78 is 0. The number of rotatable bonds is 1. The van der Waals surface area contributed by atoms with E-state index in [1.165, 1.54) is 36.0 Å². The van der Waals surface area contributed by atoms with Gasteiger partial charge in [-0.15, -0.1) is 0 Å². The number of hydrogen-bond acceptors (Lipinski definition) is 2. The van der Waals surface area contributed by atoms with E-state index < -0.39 is 0 Å². The number of nitrogens with zero attached hydrogens (tertiary/aromatic N) is 2. The number of aryl methyl sites for hydroxylation is 4. The van der Waals surface area contributed by atoms with Crippen LogP contribution >= 0.6 is 0 Å². The van der Waals surface area contributed by atoms with Crippen LogP contribution in [0.1, 0.15) is 53.5 Å². The van der Waals surface area contributed by atoms with Gasteiger partial charge in [0.2, 0.25) is 0 Å². The molecule has 3 aliphatic rings. The van der Waals surface area contributed by atoms with Gasteiger partial charge in [0.05, 0.1) is 0 Å². The van der Waals surface area contributed by atoms with Crippen LogP contribution < -0.4 is 0 Å². The summed E-state index contributed by atoms with van der Waals surface area (Å²) >= 11 is 0. The molecule has 0 saturated carbocycles. The monoisotopic (exact) mass is 394 g/mol. The molecule has 2 aliphatic heterocycles. The first kappa shape index (κ1) is 17.7. The van der Waals surface area contributed by atoms with E-state index in [4.69, 9.17) is 9.97 Å². The first-order valence-electron chi connectivity index (χ1n) is 11.1. The predicted octanol–water partition coefficient (Wildman–Crippen LogP) is 5.71. The average Bonchev–Trinajstić information content (AvgIpc) is 3.54. The Morgan fingerprint density at radius 3 is 2.13 bits per heavy atom. The molecule has 5 heterocycles. The molecule has 2 N–H and O–H groups in total. The second-order valence-corrected chi connectivity index (χ2v) is 8.65. The van der Waals surface area contributed by atoms with Crippen molar-refractivity contribution in [3.8, 4) is 0 Å². The van der Waals surface area contributed by atoms with Gasteiger partial charge in [0, 0.05) is 56.3 Å². The van der Waals surface area contributed by atoms with Crippen LogP contribution in [0.25, 0.3) is 22.1 Å². The van der Waals surface area contributed by atoms with Gasteiger partial charge in [-0.1, -0.05) is 12.2 Å². The van der Waals surface area contributed by atoms with Gasteiger partial charge in [0.25, 0.3) is 0 Å². The van der Waals surface area contributed by atoms with Crippen molar-refractivity contribution in [3.05, 3.63) is 83.0 Å². The van der Waals surface area contributed by atoms with Gasteiger partial charge in [0.1, 0.15) is 0 Å².